The summed E-state index contributed by atoms with van der Waals surface area (Å²) in [6.07, 6.45) is 1.98. The second-order valence-corrected chi connectivity index (χ2v) is 12.2. The number of amides is 1. The molecule has 4 rings (SSSR count). The number of carbonyl (C=O) groups excluding carboxylic acids is 2. The number of aromatic nitrogens is 1. The number of hydrogen-bond donors (Lipinski definition) is 3. The summed E-state index contributed by atoms with van der Waals surface area (Å²) in [7, 11) is -3.41. The summed E-state index contributed by atoms with van der Waals surface area (Å²) in [6, 6.07) is 3.09. The minimum atomic E-state index is -3.41. The summed E-state index contributed by atoms with van der Waals surface area (Å²) in [6.45, 7) is 3.23. The number of carbonyl (C=O) groups is 2. The van der Waals surface area contributed by atoms with Crippen LogP contribution in [0.4, 0.5) is 19.7 Å². The fraction of sp³-hybridized carbons (Fsp3) is 0.522. The minimum absolute atomic E-state index is 0.0221. The van der Waals surface area contributed by atoms with E-state index < -0.39 is 33.0 Å². The molecule has 2 aliphatic heterocycles. The maximum absolute atomic E-state index is 14.0. The van der Waals surface area contributed by atoms with Crippen LogP contribution in [-0.2, 0) is 14.8 Å². The number of halogens is 2. The van der Waals surface area contributed by atoms with Crippen molar-refractivity contribution in [3.05, 3.63) is 40.3 Å². The van der Waals surface area contributed by atoms with Crippen molar-refractivity contribution in [2.24, 2.45) is 0 Å². The number of anilines is 2. The van der Waals surface area contributed by atoms with Crippen LogP contribution < -0.4 is 16.4 Å². The zero-order chi connectivity index (χ0) is 26.6. The van der Waals surface area contributed by atoms with Crippen molar-refractivity contribution in [2.45, 2.75) is 31.7 Å². The largest absolute Gasteiger partial charge is 0.382 e. The van der Waals surface area contributed by atoms with E-state index in [0.717, 1.165) is 23.5 Å². The standard InChI is InChI=1S/C23H30F2N6O4S2/c24-16-3-1-4-17(25)19(16)20(33)21-22(26)29-23(36-21)28-15-5-11-31(12-6-15)37(34,35)14-2-9-30-10-7-18(32)27-8-13-30/h1,3-4,15H,2,5-14,26H2,(H,27,32)(H,28,29). The van der Waals surface area contributed by atoms with Crippen LogP contribution in [0.25, 0.3) is 0 Å². The van der Waals surface area contributed by atoms with E-state index in [9.17, 15) is 26.8 Å². The third kappa shape index (κ3) is 6.80. The van der Waals surface area contributed by atoms with Gasteiger partial charge in [0.05, 0.1) is 11.3 Å². The van der Waals surface area contributed by atoms with Crippen molar-refractivity contribution < 1.29 is 26.8 Å². The first kappa shape index (κ1) is 27.4. The number of hydrogen-bond acceptors (Lipinski definition) is 9. The minimum Gasteiger partial charge on any atom is -0.382 e. The van der Waals surface area contributed by atoms with Gasteiger partial charge in [0.1, 0.15) is 22.3 Å². The summed E-state index contributed by atoms with van der Waals surface area (Å²) in [5, 5.41) is 6.31. The predicted octanol–water partition coefficient (Wildman–Crippen LogP) is 1.65. The Labute approximate surface area is 218 Å². The molecule has 2 aliphatic rings. The van der Waals surface area contributed by atoms with Crippen LogP contribution in [0.2, 0.25) is 0 Å². The summed E-state index contributed by atoms with van der Waals surface area (Å²) in [4.78, 5) is 30.3. The highest BCUT2D eigenvalue weighted by atomic mass is 32.2. The topological polar surface area (TPSA) is 138 Å². The molecule has 3 heterocycles. The molecule has 0 atom stereocenters. The SMILES string of the molecule is Nc1nc(NC2CCN(S(=O)(=O)CCCN3CCNC(=O)CC3)CC2)sc1C(=O)c1c(F)cccc1F. The fourth-order valence-corrected chi connectivity index (χ4v) is 6.90. The summed E-state index contributed by atoms with van der Waals surface area (Å²) >= 11 is 0.914. The lowest BCUT2D eigenvalue weighted by Gasteiger charge is -2.31. The normalized spacial score (nSPS) is 18.4. The van der Waals surface area contributed by atoms with Gasteiger partial charge >= 0.3 is 0 Å². The third-order valence-corrected chi connectivity index (χ3v) is 9.46. The summed E-state index contributed by atoms with van der Waals surface area (Å²) in [5.41, 5.74) is 5.19. The number of thiazole rings is 1. The monoisotopic (exact) mass is 556 g/mol. The van der Waals surface area contributed by atoms with Gasteiger partial charge in [0.25, 0.3) is 0 Å². The smallest absolute Gasteiger partial charge is 0.221 e. The quantitative estimate of drug-likeness (QED) is 0.397. The van der Waals surface area contributed by atoms with E-state index in [-0.39, 0.29) is 28.4 Å². The first-order chi connectivity index (χ1) is 17.6. The highest BCUT2D eigenvalue weighted by Crippen LogP contribution is 2.30. The third-order valence-electron chi connectivity index (χ3n) is 6.51. The number of piperidine rings is 1. The molecule has 1 aromatic heterocycles. The molecule has 1 amide bonds. The molecule has 1 aromatic carbocycles. The van der Waals surface area contributed by atoms with Crippen molar-refractivity contribution >= 4 is 44.0 Å². The van der Waals surface area contributed by atoms with Crippen LogP contribution in [0, 0.1) is 11.6 Å². The van der Waals surface area contributed by atoms with Crippen molar-refractivity contribution in [1.82, 2.24) is 19.5 Å². The molecule has 0 unspecified atom stereocenters. The maximum atomic E-state index is 14.0. The van der Waals surface area contributed by atoms with Crippen LogP contribution in [0.5, 0.6) is 0 Å². The Morgan fingerprint density at radius 3 is 2.59 bits per heavy atom. The van der Waals surface area contributed by atoms with Gasteiger partial charge in [0.15, 0.2) is 5.13 Å². The van der Waals surface area contributed by atoms with Crippen molar-refractivity contribution in [3.8, 4) is 0 Å². The molecular weight excluding hydrogens is 526 g/mol. The lowest BCUT2D eigenvalue weighted by molar-refractivity contribution is -0.120. The Hall–Kier alpha value is -2.68. The van der Waals surface area contributed by atoms with E-state index in [1.54, 1.807) is 0 Å². The molecule has 14 heteroatoms. The first-order valence-electron chi connectivity index (χ1n) is 12.1. The van der Waals surface area contributed by atoms with Gasteiger partial charge in [0.2, 0.25) is 21.7 Å². The Morgan fingerprint density at radius 2 is 1.89 bits per heavy atom. The number of nitrogens with one attached hydrogen (secondary N) is 2. The van der Waals surface area contributed by atoms with Crippen LogP contribution in [0.15, 0.2) is 18.2 Å². The molecule has 0 saturated carbocycles. The van der Waals surface area contributed by atoms with Gasteiger partial charge in [-0.05, 0) is 37.9 Å². The number of nitrogens with two attached hydrogens (primary N) is 1. The lowest BCUT2D eigenvalue weighted by Crippen LogP contribution is -2.43. The van der Waals surface area contributed by atoms with E-state index in [0.29, 0.717) is 70.1 Å². The number of benzene rings is 1. The van der Waals surface area contributed by atoms with E-state index >= 15 is 0 Å². The molecule has 0 spiro atoms. The predicted molar refractivity (Wildman–Crippen MR) is 137 cm³/mol. The average molecular weight is 557 g/mol. The molecule has 37 heavy (non-hydrogen) atoms. The fourth-order valence-electron chi connectivity index (χ4n) is 4.47. The number of sulfonamides is 1. The average Bonchev–Trinajstić information content (AvgIpc) is 3.08. The van der Waals surface area contributed by atoms with Gasteiger partial charge in [-0.1, -0.05) is 17.4 Å². The zero-order valence-corrected chi connectivity index (χ0v) is 21.8. The molecule has 0 bridgehead atoms. The number of nitrogens with zero attached hydrogens (tertiary/aromatic N) is 3. The van der Waals surface area contributed by atoms with Gasteiger partial charge in [0, 0.05) is 45.2 Å². The lowest BCUT2D eigenvalue weighted by atomic mass is 10.1. The highest BCUT2D eigenvalue weighted by molar-refractivity contribution is 7.89. The van der Waals surface area contributed by atoms with Crippen LogP contribution in [0.1, 0.15) is 40.9 Å². The van der Waals surface area contributed by atoms with Crippen LogP contribution >= 0.6 is 11.3 Å². The molecule has 2 saturated heterocycles. The van der Waals surface area contributed by atoms with Crippen LogP contribution in [0.3, 0.4) is 0 Å². The van der Waals surface area contributed by atoms with Gasteiger partial charge in [-0.3, -0.25) is 9.59 Å². The van der Waals surface area contributed by atoms with Crippen molar-refractivity contribution in [3.63, 3.8) is 0 Å². The van der Waals surface area contributed by atoms with E-state index in [1.807, 2.05) is 0 Å². The second-order valence-electron chi connectivity index (χ2n) is 9.09. The molecule has 202 valence electrons. The van der Waals surface area contributed by atoms with E-state index in [4.69, 9.17) is 5.73 Å². The molecular formula is C23H30F2N6O4S2. The Bertz CT molecular complexity index is 1230. The Morgan fingerprint density at radius 1 is 1.19 bits per heavy atom. The first-order valence-corrected chi connectivity index (χ1v) is 14.5. The van der Waals surface area contributed by atoms with Crippen molar-refractivity contribution in [2.75, 3.05) is 56.1 Å². The Kier molecular flexibility index (Phi) is 8.72. The molecule has 10 nitrogen and oxygen atoms in total. The van der Waals surface area contributed by atoms with E-state index in [1.165, 1.54) is 10.4 Å². The van der Waals surface area contributed by atoms with Crippen LogP contribution in [-0.4, -0.2) is 85.4 Å². The van der Waals surface area contributed by atoms with Crippen molar-refractivity contribution in [1.29, 1.82) is 0 Å². The van der Waals surface area contributed by atoms with Gasteiger partial charge < -0.3 is 21.3 Å². The van der Waals surface area contributed by atoms with E-state index in [2.05, 4.69) is 20.5 Å². The Balaban J connectivity index is 1.27. The van der Waals surface area contributed by atoms with Gasteiger partial charge in [-0.15, -0.1) is 0 Å². The summed E-state index contributed by atoms with van der Waals surface area (Å²) < 4.78 is 55.2. The molecule has 2 fully saturated rings. The molecule has 0 aliphatic carbocycles. The number of ketones is 1. The molecule has 2 aromatic rings. The molecule has 4 N–H and O–H groups in total. The highest BCUT2D eigenvalue weighted by Gasteiger charge is 2.29. The second kappa shape index (κ2) is 11.8. The number of nitrogen functional groups attached to an aromatic ring is 1. The summed E-state index contributed by atoms with van der Waals surface area (Å²) in [5.74, 6) is -2.87. The maximum Gasteiger partial charge on any atom is 0.221 e. The zero-order valence-electron chi connectivity index (χ0n) is 20.2. The van der Waals surface area contributed by atoms with Gasteiger partial charge in [-0.2, -0.15) is 0 Å². The van der Waals surface area contributed by atoms with Gasteiger partial charge in [-0.25, -0.2) is 26.5 Å². The molecule has 0 radical (unpaired) electrons. The number of rotatable bonds is 9.